The van der Waals surface area contributed by atoms with Gasteiger partial charge in [0.25, 0.3) is 0 Å². The Labute approximate surface area is 114 Å². The van der Waals surface area contributed by atoms with Gasteiger partial charge in [-0.05, 0) is 34.6 Å². The second-order valence-electron chi connectivity index (χ2n) is 6.30. The van der Waals surface area contributed by atoms with Crippen molar-refractivity contribution in [3.8, 4) is 0 Å². The van der Waals surface area contributed by atoms with Crippen LogP contribution < -0.4 is 0 Å². The molecule has 0 aliphatic carbocycles. The molecule has 0 saturated carbocycles. The summed E-state index contributed by atoms with van der Waals surface area (Å²) < 4.78 is 16.9. The molecule has 0 aromatic heterocycles. The third-order valence-electron chi connectivity index (χ3n) is 2.80. The molecule has 1 aliphatic heterocycles. The van der Waals surface area contributed by atoms with Crippen molar-refractivity contribution in [2.75, 3.05) is 13.2 Å². The van der Waals surface area contributed by atoms with Crippen LogP contribution in [0.25, 0.3) is 0 Å². The van der Waals surface area contributed by atoms with Crippen molar-refractivity contribution in [2.45, 2.75) is 70.4 Å². The second-order valence-corrected chi connectivity index (χ2v) is 6.30. The van der Waals surface area contributed by atoms with Crippen molar-refractivity contribution in [3.63, 3.8) is 0 Å². The van der Waals surface area contributed by atoms with Crippen molar-refractivity contribution < 1.29 is 29.5 Å². The summed E-state index contributed by atoms with van der Waals surface area (Å²) in [7, 11) is 0. The maximum Gasteiger partial charge on any atom is 0.163 e. The minimum atomic E-state index is -1.28. The fourth-order valence-electron chi connectivity index (χ4n) is 1.98. The average Bonchev–Trinajstić information content (AvgIpc) is 2.63. The Morgan fingerprint density at radius 2 is 1.89 bits per heavy atom. The Balaban J connectivity index is 2.81. The smallest absolute Gasteiger partial charge is 0.163 e. The van der Waals surface area contributed by atoms with E-state index in [9.17, 15) is 10.2 Å². The van der Waals surface area contributed by atoms with Crippen LogP contribution in [0.15, 0.2) is 0 Å². The Bertz CT molecular complexity index is 285. The van der Waals surface area contributed by atoms with Crippen LogP contribution in [0, 0.1) is 0 Å². The average molecular weight is 278 g/mol. The molecule has 0 amide bonds. The highest BCUT2D eigenvalue weighted by Gasteiger charge is 2.44. The van der Waals surface area contributed by atoms with Gasteiger partial charge in [0.2, 0.25) is 0 Å². The molecular weight excluding hydrogens is 252 g/mol. The van der Waals surface area contributed by atoms with Crippen molar-refractivity contribution in [1.82, 2.24) is 0 Å². The fourth-order valence-corrected chi connectivity index (χ4v) is 1.98. The van der Waals surface area contributed by atoms with Crippen LogP contribution in [0.1, 0.15) is 34.6 Å². The van der Waals surface area contributed by atoms with E-state index in [1.807, 2.05) is 20.8 Å². The normalized spacial score (nSPS) is 28.1. The van der Waals surface area contributed by atoms with E-state index in [0.717, 1.165) is 0 Å². The van der Waals surface area contributed by atoms with E-state index >= 15 is 0 Å². The minimum absolute atomic E-state index is 0.267. The molecule has 6 heteroatoms. The number of rotatable bonds is 5. The standard InChI is InChI=1S/C13H26O6/c1-12(2,3)19-11(10(16)8(15)6-14)9-7-17-13(4,5)18-9/h8-11,14-16H,6-7H2,1-5H3/t8-,9+,10+,11+/m0/s1. The van der Waals surface area contributed by atoms with Gasteiger partial charge in [0.15, 0.2) is 5.79 Å². The third kappa shape index (κ3) is 4.98. The number of aliphatic hydroxyl groups excluding tert-OH is 3. The van der Waals surface area contributed by atoms with Crippen LogP contribution in [0.2, 0.25) is 0 Å². The molecule has 4 atom stereocenters. The third-order valence-corrected chi connectivity index (χ3v) is 2.80. The summed E-state index contributed by atoms with van der Waals surface area (Å²) in [5.41, 5.74) is -0.517. The van der Waals surface area contributed by atoms with Gasteiger partial charge >= 0.3 is 0 Å². The molecule has 3 N–H and O–H groups in total. The topological polar surface area (TPSA) is 88.4 Å². The summed E-state index contributed by atoms with van der Waals surface area (Å²) in [6.45, 7) is 8.81. The molecule has 1 heterocycles. The molecule has 1 fully saturated rings. The molecule has 0 aromatic carbocycles. The van der Waals surface area contributed by atoms with Crippen molar-refractivity contribution in [3.05, 3.63) is 0 Å². The molecule has 1 aliphatic rings. The van der Waals surface area contributed by atoms with E-state index in [4.69, 9.17) is 19.3 Å². The summed E-state index contributed by atoms with van der Waals surface area (Å²) in [6.07, 6.45) is -3.79. The molecule has 0 spiro atoms. The maximum absolute atomic E-state index is 10.1. The number of ether oxygens (including phenoxy) is 3. The molecule has 0 unspecified atom stereocenters. The zero-order valence-electron chi connectivity index (χ0n) is 12.3. The van der Waals surface area contributed by atoms with E-state index in [1.165, 1.54) is 0 Å². The van der Waals surface area contributed by atoms with Crippen molar-refractivity contribution in [1.29, 1.82) is 0 Å². The lowest BCUT2D eigenvalue weighted by Gasteiger charge is -2.35. The zero-order chi connectivity index (χ0) is 14.8. The first kappa shape index (κ1) is 16.8. The van der Waals surface area contributed by atoms with E-state index in [-0.39, 0.29) is 6.61 Å². The maximum atomic E-state index is 10.1. The molecule has 1 rings (SSSR count). The Morgan fingerprint density at radius 3 is 2.26 bits per heavy atom. The summed E-state index contributed by atoms with van der Waals surface area (Å²) in [6, 6.07) is 0. The molecular formula is C13H26O6. The van der Waals surface area contributed by atoms with E-state index in [0.29, 0.717) is 0 Å². The summed E-state index contributed by atoms with van der Waals surface area (Å²) >= 11 is 0. The first-order valence-electron chi connectivity index (χ1n) is 6.52. The Hall–Kier alpha value is -0.240. The van der Waals surface area contributed by atoms with Crippen LogP contribution >= 0.6 is 0 Å². The molecule has 114 valence electrons. The largest absolute Gasteiger partial charge is 0.394 e. The van der Waals surface area contributed by atoms with Gasteiger partial charge in [0, 0.05) is 0 Å². The minimum Gasteiger partial charge on any atom is -0.394 e. The van der Waals surface area contributed by atoms with Crippen molar-refractivity contribution in [2.24, 2.45) is 0 Å². The van der Waals surface area contributed by atoms with E-state index < -0.39 is 42.4 Å². The van der Waals surface area contributed by atoms with Gasteiger partial charge in [-0.15, -0.1) is 0 Å². The molecule has 19 heavy (non-hydrogen) atoms. The van der Waals surface area contributed by atoms with Crippen LogP contribution in [-0.2, 0) is 14.2 Å². The van der Waals surface area contributed by atoms with E-state index in [2.05, 4.69) is 0 Å². The van der Waals surface area contributed by atoms with Gasteiger partial charge in [-0.2, -0.15) is 0 Å². The predicted octanol–water partition coefficient (Wildman–Crippen LogP) is 0.0357. The monoisotopic (exact) mass is 278 g/mol. The number of hydrogen-bond donors (Lipinski definition) is 3. The molecule has 0 aromatic rings. The van der Waals surface area contributed by atoms with Gasteiger partial charge in [-0.3, -0.25) is 0 Å². The van der Waals surface area contributed by atoms with Gasteiger partial charge in [0.05, 0.1) is 18.8 Å². The summed E-state index contributed by atoms with van der Waals surface area (Å²) in [5, 5.41) is 28.7. The van der Waals surface area contributed by atoms with Crippen molar-refractivity contribution >= 4 is 0 Å². The highest BCUT2D eigenvalue weighted by Crippen LogP contribution is 2.29. The lowest BCUT2D eigenvalue weighted by Crippen LogP contribution is -2.51. The van der Waals surface area contributed by atoms with Gasteiger partial charge in [-0.25, -0.2) is 0 Å². The highest BCUT2D eigenvalue weighted by molar-refractivity contribution is 4.88. The number of aliphatic hydroxyl groups is 3. The number of hydrogen-bond acceptors (Lipinski definition) is 6. The van der Waals surface area contributed by atoms with Crippen LogP contribution in [0.3, 0.4) is 0 Å². The zero-order valence-corrected chi connectivity index (χ0v) is 12.3. The first-order valence-corrected chi connectivity index (χ1v) is 6.52. The molecule has 6 nitrogen and oxygen atoms in total. The Morgan fingerprint density at radius 1 is 1.32 bits per heavy atom. The van der Waals surface area contributed by atoms with Crippen LogP contribution in [-0.4, -0.2) is 64.3 Å². The van der Waals surface area contributed by atoms with Gasteiger partial charge in [0.1, 0.15) is 24.4 Å². The molecule has 0 bridgehead atoms. The van der Waals surface area contributed by atoms with Gasteiger partial charge in [-0.1, -0.05) is 0 Å². The summed E-state index contributed by atoms with van der Waals surface area (Å²) in [5.74, 6) is -0.742. The molecule has 1 saturated heterocycles. The Kier molecular flexibility index (Phi) is 5.34. The highest BCUT2D eigenvalue weighted by atomic mass is 16.8. The quantitative estimate of drug-likeness (QED) is 0.658. The first-order chi connectivity index (χ1) is 8.56. The van der Waals surface area contributed by atoms with Gasteiger partial charge < -0.3 is 29.5 Å². The predicted molar refractivity (Wildman–Crippen MR) is 68.6 cm³/mol. The van der Waals surface area contributed by atoms with Crippen LogP contribution in [0.5, 0.6) is 0 Å². The summed E-state index contributed by atoms with van der Waals surface area (Å²) in [4.78, 5) is 0. The van der Waals surface area contributed by atoms with Crippen LogP contribution in [0.4, 0.5) is 0 Å². The van der Waals surface area contributed by atoms with E-state index in [1.54, 1.807) is 13.8 Å². The molecule has 0 radical (unpaired) electrons. The second kappa shape index (κ2) is 6.03. The fraction of sp³-hybridized carbons (Fsp3) is 1.00. The SMILES string of the molecule is CC(C)(C)O[C@@H]([C@H](O)[C@@H](O)CO)[C@H]1COC(C)(C)O1. The lowest BCUT2D eigenvalue weighted by atomic mass is 10.0. The lowest BCUT2D eigenvalue weighted by molar-refractivity contribution is -0.205.